The Kier molecular flexibility index (Phi) is 7.17. The van der Waals surface area contributed by atoms with Crippen LogP contribution in [-0.2, 0) is 9.59 Å². The fourth-order valence-corrected chi connectivity index (χ4v) is 1.69. The summed E-state index contributed by atoms with van der Waals surface area (Å²) in [5.41, 5.74) is 0.503. The predicted molar refractivity (Wildman–Crippen MR) is 78.8 cm³/mol. The van der Waals surface area contributed by atoms with Crippen molar-refractivity contribution in [2.24, 2.45) is 0 Å². The Morgan fingerprint density at radius 2 is 1.85 bits per heavy atom. The van der Waals surface area contributed by atoms with E-state index in [4.69, 9.17) is 4.74 Å². The molecule has 0 heterocycles. The van der Waals surface area contributed by atoms with Gasteiger partial charge < -0.3 is 15.4 Å². The highest BCUT2D eigenvalue weighted by atomic mass is 16.5. The summed E-state index contributed by atoms with van der Waals surface area (Å²) in [6.07, 6.45) is 2.99. The number of hydrogen-bond acceptors (Lipinski definition) is 3. The third kappa shape index (κ3) is 5.30. The van der Waals surface area contributed by atoms with Gasteiger partial charge in [0.05, 0.1) is 12.3 Å². The number of hydrogen-bond donors (Lipinski definition) is 2. The van der Waals surface area contributed by atoms with E-state index in [9.17, 15) is 9.59 Å². The molecule has 0 aromatic heterocycles. The zero-order valence-corrected chi connectivity index (χ0v) is 12.1. The van der Waals surface area contributed by atoms with Crippen molar-refractivity contribution in [1.82, 2.24) is 5.32 Å². The summed E-state index contributed by atoms with van der Waals surface area (Å²) in [4.78, 5) is 23.4. The molecule has 0 fully saturated rings. The van der Waals surface area contributed by atoms with Crippen LogP contribution in [0, 0.1) is 0 Å². The van der Waals surface area contributed by atoms with E-state index in [1.54, 1.807) is 18.2 Å². The van der Waals surface area contributed by atoms with Crippen LogP contribution in [0.1, 0.15) is 33.1 Å². The molecule has 1 rings (SSSR count). The van der Waals surface area contributed by atoms with Crippen molar-refractivity contribution in [1.29, 1.82) is 0 Å². The van der Waals surface area contributed by atoms with Gasteiger partial charge in [-0.2, -0.15) is 0 Å². The molecule has 1 aromatic rings. The third-order valence-corrected chi connectivity index (χ3v) is 2.71. The van der Waals surface area contributed by atoms with Gasteiger partial charge >= 0.3 is 11.8 Å². The summed E-state index contributed by atoms with van der Waals surface area (Å²) < 4.78 is 5.38. The summed E-state index contributed by atoms with van der Waals surface area (Å²) in [5.74, 6) is -0.733. The molecule has 0 aliphatic heterocycles. The standard InChI is InChI=1S/C15H22N2O3/c1-3-5-8-11-16-14(18)15(19)17-12-9-6-7-10-13(12)20-4-2/h6-7,9-10H,3-5,8,11H2,1-2H3,(H,16,18)(H,17,19). The second-order valence-electron chi connectivity index (χ2n) is 4.35. The van der Waals surface area contributed by atoms with Gasteiger partial charge in [-0.3, -0.25) is 9.59 Å². The molecule has 20 heavy (non-hydrogen) atoms. The fraction of sp³-hybridized carbons (Fsp3) is 0.467. The van der Waals surface area contributed by atoms with Crippen LogP contribution in [0.3, 0.4) is 0 Å². The van der Waals surface area contributed by atoms with Crippen molar-refractivity contribution in [2.75, 3.05) is 18.5 Å². The lowest BCUT2D eigenvalue weighted by molar-refractivity contribution is -0.136. The molecule has 0 unspecified atom stereocenters. The average Bonchev–Trinajstić information content (AvgIpc) is 2.45. The van der Waals surface area contributed by atoms with Crippen LogP contribution >= 0.6 is 0 Å². The van der Waals surface area contributed by atoms with Crippen LogP contribution in [-0.4, -0.2) is 25.0 Å². The van der Waals surface area contributed by atoms with Crippen LogP contribution in [0.2, 0.25) is 0 Å². The monoisotopic (exact) mass is 278 g/mol. The van der Waals surface area contributed by atoms with Gasteiger partial charge in [0.15, 0.2) is 0 Å². The van der Waals surface area contributed by atoms with E-state index in [1.165, 1.54) is 0 Å². The van der Waals surface area contributed by atoms with Gasteiger partial charge in [0, 0.05) is 6.54 Å². The van der Waals surface area contributed by atoms with Crippen molar-refractivity contribution < 1.29 is 14.3 Å². The van der Waals surface area contributed by atoms with Crippen LogP contribution < -0.4 is 15.4 Å². The summed E-state index contributed by atoms with van der Waals surface area (Å²) in [7, 11) is 0. The number of amides is 2. The minimum absolute atomic E-state index is 0.496. The van der Waals surface area contributed by atoms with Crippen molar-refractivity contribution in [3.63, 3.8) is 0 Å². The number of unbranched alkanes of at least 4 members (excludes halogenated alkanes) is 2. The van der Waals surface area contributed by atoms with E-state index >= 15 is 0 Å². The van der Waals surface area contributed by atoms with E-state index < -0.39 is 11.8 Å². The molecule has 0 saturated carbocycles. The Balaban J connectivity index is 2.51. The number of ether oxygens (including phenoxy) is 1. The maximum atomic E-state index is 11.8. The van der Waals surface area contributed by atoms with Crippen LogP contribution in [0.5, 0.6) is 5.75 Å². The molecule has 0 bridgehead atoms. The molecule has 2 amide bonds. The molecule has 0 aliphatic rings. The highest BCUT2D eigenvalue weighted by molar-refractivity contribution is 6.39. The maximum Gasteiger partial charge on any atom is 0.313 e. The number of benzene rings is 1. The van der Waals surface area contributed by atoms with Crippen molar-refractivity contribution in [3.05, 3.63) is 24.3 Å². The minimum Gasteiger partial charge on any atom is -0.492 e. The second kappa shape index (κ2) is 8.96. The van der Waals surface area contributed by atoms with Crippen molar-refractivity contribution >= 4 is 17.5 Å². The molecule has 0 radical (unpaired) electrons. The fourth-order valence-electron chi connectivity index (χ4n) is 1.69. The highest BCUT2D eigenvalue weighted by Gasteiger charge is 2.14. The summed E-state index contributed by atoms with van der Waals surface area (Å²) in [5, 5.41) is 5.16. The molecule has 110 valence electrons. The van der Waals surface area contributed by atoms with E-state index in [0.29, 0.717) is 24.6 Å². The SMILES string of the molecule is CCCCCNC(=O)C(=O)Nc1ccccc1OCC. The van der Waals surface area contributed by atoms with Crippen molar-refractivity contribution in [2.45, 2.75) is 33.1 Å². The third-order valence-electron chi connectivity index (χ3n) is 2.71. The molecular formula is C15H22N2O3. The number of carbonyl (C=O) groups excluding carboxylic acids is 2. The predicted octanol–water partition coefficient (Wildman–Crippen LogP) is 2.33. The van der Waals surface area contributed by atoms with E-state index in [0.717, 1.165) is 19.3 Å². The van der Waals surface area contributed by atoms with Crippen LogP contribution in [0.4, 0.5) is 5.69 Å². The molecule has 5 heteroatoms. The first-order chi connectivity index (χ1) is 9.69. The zero-order chi connectivity index (χ0) is 14.8. The first kappa shape index (κ1) is 16.0. The number of carbonyl (C=O) groups is 2. The molecule has 0 spiro atoms. The van der Waals surface area contributed by atoms with E-state index in [2.05, 4.69) is 17.6 Å². The largest absolute Gasteiger partial charge is 0.492 e. The maximum absolute atomic E-state index is 11.8. The molecule has 2 N–H and O–H groups in total. The van der Waals surface area contributed by atoms with Gasteiger partial charge in [0.1, 0.15) is 5.75 Å². The Bertz CT molecular complexity index is 446. The Morgan fingerprint density at radius 1 is 1.10 bits per heavy atom. The number of nitrogens with one attached hydrogen (secondary N) is 2. The number of anilines is 1. The highest BCUT2D eigenvalue weighted by Crippen LogP contribution is 2.23. The summed E-state index contributed by atoms with van der Waals surface area (Å²) in [6.45, 7) is 4.96. The van der Waals surface area contributed by atoms with Gasteiger partial charge in [-0.15, -0.1) is 0 Å². The Morgan fingerprint density at radius 3 is 2.55 bits per heavy atom. The molecule has 0 aliphatic carbocycles. The first-order valence-corrected chi connectivity index (χ1v) is 7.00. The van der Waals surface area contributed by atoms with Gasteiger partial charge in [-0.1, -0.05) is 31.9 Å². The van der Waals surface area contributed by atoms with Gasteiger partial charge in [-0.05, 0) is 25.5 Å². The van der Waals surface area contributed by atoms with E-state index in [1.807, 2.05) is 13.0 Å². The van der Waals surface area contributed by atoms with Crippen molar-refractivity contribution in [3.8, 4) is 5.75 Å². The summed E-state index contributed by atoms with van der Waals surface area (Å²) >= 11 is 0. The molecule has 5 nitrogen and oxygen atoms in total. The molecule has 0 saturated heterocycles. The normalized spacial score (nSPS) is 9.90. The van der Waals surface area contributed by atoms with Crippen LogP contribution in [0.15, 0.2) is 24.3 Å². The van der Waals surface area contributed by atoms with Gasteiger partial charge in [0.2, 0.25) is 0 Å². The summed E-state index contributed by atoms with van der Waals surface area (Å²) in [6, 6.07) is 7.04. The number of para-hydroxylation sites is 2. The Hall–Kier alpha value is -2.04. The molecule has 0 atom stereocenters. The smallest absolute Gasteiger partial charge is 0.313 e. The average molecular weight is 278 g/mol. The first-order valence-electron chi connectivity index (χ1n) is 7.00. The van der Waals surface area contributed by atoms with Crippen LogP contribution in [0.25, 0.3) is 0 Å². The Labute approximate surface area is 119 Å². The lowest BCUT2D eigenvalue weighted by Gasteiger charge is -2.11. The lowest BCUT2D eigenvalue weighted by atomic mass is 10.2. The molecule has 1 aromatic carbocycles. The minimum atomic E-state index is -0.673. The topological polar surface area (TPSA) is 67.4 Å². The van der Waals surface area contributed by atoms with Gasteiger partial charge in [0.25, 0.3) is 0 Å². The second-order valence-corrected chi connectivity index (χ2v) is 4.35. The zero-order valence-electron chi connectivity index (χ0n) is 12.1. The van der Waals surface area contributed by atoms with E-state index in [-0.39, 0.29) is 0 Å². The quantitative estimate of drug-likeness (QED) is 0.594. The van der Waals surface area contributed by atoms with Gasteiger partial charge in [-0.25, -0.2) is 0 Å². The molecular weight excluding hydrogens is 256 g/mol. The number of rotatable bonds is 7. The lowest BCUT2D eigenvalue weighted by Crippen LogP contribution is -2.36.